The van der Waals surface area contributed by atoms with Crippen molar-refractivity contribution in [1.29, 1.82) is 0 Å². The number of aldehydes is 1. The first-order valence-corrected chi connectivity index (χ1v) is 6.29. The predicted octanol–water partition coefficient (Wildman–Crippen LogP) is 1.39. The van der Waals surface area contributed by atoms with Gasteiger partial charge in [-0.05, 0) is 12.1 Å². The van der Waals surface area contributed by atoms with Gasteiger partial charge in [0.1, 0.15) is 6.29 Å². The molecule has 0 amide bonds. The molecule has 1 aliphatic heterocycles. The molecule has 0 aromatic heterocycles. The van der Waals surface area contributed by atoms with Crippen molar-refractivity contribution in [2.45, 2.75) is 19.5 Å². The van der Waals surface area contributed by atoms with Crippen LogP contribution >= 0.6 is 0 Å². The fraction of sp³-hybridized carbons (Fsp3) is 0.500. The number of benzene rings is 1. The standard InChI is InChI=1S/C14H20N2O/c1-2-16-9-8-15(11-14(16)12-17)10-13-6-4-3-5-7-13/h3-7,12,14H,2,8-11H2,1H3. The predicted molar refractivity (Wildman–Crippen MR) is 68.8 cm³/mol. The third-order valence-corrected chi connectivity index (χ3v) is 3.43. The highest BCUT2D eigenvalue weighted by Gasteiger charge is 2.25. The van der Waals surface area contributed by atoms with Gasteiger partial charge in [-0.1, -0.05) is 37.3 Å². The Labute approximate surface area is 103 Å². The van der Waals surface area contributed by atoms with Gasteiger partial charge in [-0.2, -0.15) is 0 Å². The molecular weight excluding hydrogens is 212 g/mol. The molecule has 17 heavy (non-hydrogen) atoms. The van der Waals surface area contributed by atoms with Crippen LogP contribution in [-0.2, 0) is 11.3 Å². The minimum atomic E-state index is 0.0671. The van der Waals surface area contributed by atoms with E-state index in [9.17, 15) is 4.79 Å². The highest BCUT2D eigenvalue weighted by Crippen LogP contribution is 2.11. The average molecular weight is 232 g/mol. The molecule has 1 heterocycles. The Morgan fingerprint density at radius 2 is 2.06 bits per heavy atom. The zero-order valence-electron chi connectivity index (χ0n) is 10.4. The average Bonchev–Trinajstić information content (AvgIpc) is 2.40. The molecule has 1 aliphatic rings. The Morgan fingerprint density at radius 3 is 2.71 bits per heavy atom. The summed E-state index contributed by atoms with van der Waals surface area (Å²) in [7, 11) is 0. The second-order valence-corrected chi connectivity index (χ2v) is 4.55. The van der Waals surface area contributed by atoms with Gasteiger partial charge in [0.2, 0.25) is 0 Å². The molecule has 0 radical (unpaired) electrons. The van der Waals surface area contributed by atoms with Crippen molar-refractivity contribution in [2.75, 3.05) is 26.2 Å². The van der Waals surface area contributed by atoms with Gasteiger partial charge in [0.05, 0.1) is 6.04 Å². The van der Waals surface area contributed by atoms with Crippen molar-refractivity contribution < 1.29 is 4.79 Å². The van der Waals surface area contributed by atoms with Crippen LogP contribution in [0.25, 0.3) is 0 Å². The molecule has 0 saturated carbocycles. The summed E-state index contributed by atoms with van der Waals surface area (Å²) in [5.74, 6) is 0. The summed E-state index contributed by atoms with van der Waals surface area (Å²) >= 11 is 0. The molecule has 2 rings (SSSR count). The molecule has 1 aromatic carbocycles. The molecule has 0 N–H and O–H groups in total. The Hall–Kier alpha value is -1.19. The summed E-state index contributed by atoms with van der Waals surface area (Å²) in [6.45, 7) is 6.92. The van der Waals surface area contributed by atoms with E-state index in [4.69, 9.17) is 0 Å². The number of hydrogen-bond acceptors (Lipinski definition) is 3. The normalized spacial score (nSPS) is 22.5. The molecule has 3 heteroatoms. The summed E-state index contributed by atoms with van der Waals surface area (Å²) in [4.78, 5) is 15.7. The maximum atomic E-state index is 11.1. The SMILES string of the molecule is CCN1CCN(Cc2ccccc2)CC1C=O. The molecule has 1 aromatic rings. The molecular formula is C14H20N2O. The molecule has 0 spiro atoms. The van der Waals surface area contributed by atoms with Crippen LogP contribution < -0.4 is 0 Å². The zero-order valence-corrected chi connectivity index (χ0v) is 10.4. The van der Waals surface area contributed by atoms with Crippen molar-refractivity contribution in [2.24, 2.45) is 0 Å². The monoisotopic (exact) mass is 232 g/mol. The van der Waals surface area contributed by atoms with Crippen molar-refractivity contribution in [3.05, 3.63) is 35.9 Å². The first kappa shape index (κ1) is 12.3. The highest BCUT2D eigenvalue weighted by molar-refractivity contribution is 5.58. The lowest BCUT2D eigenvalue weighted by atomic mass is 10.1. The van der Waals surface area contributed by atoms with E-state index in [0.29, 0.717) is 0 Å². The van der Waals surface area contributed by atoms with E-state index in [2.05, 4.69) is 41.0 Å². The fourth-order valence-corrected chi connectivity index (χ4v) is 2.41. The number of carbonyl (C=O) groups excluding carboxylic acids is 1. The van der Waals surface area contributed by atoms with Gasteiger partial charge in [0, 0.05) is 26.2 Å². The van der Waals surface area contributed by atoms with Crippen LogP contribution in [0.1, 0.15) is 12.5 Å². The van der Waals surface area contributed by atoms with Gasteiger partial charge in [-0.3, -0.25) is 9.80 Å². The van der Waals surface area contributed by atoms with Crippen LogP contribution in [-0.4, -0.2) is 48.3 Å². The second-order valence-electron chi connectivity index (χ2n) is 4.55. The number of piperazine rings is 1. The van der Waals surface area contributed by atoms with Crippen LogP contribution in [0.15, 0.2) is 30.3 Å². The summed E-state index contributed by atoms with van der Waals surface area (Å²) in [5.41, 5.74) is 1.32. The maximum absolute atomic E-state index is 11.1. The topological polar surface area (TPSA) is 23.6 Å². The van der Waals surface area contributed by atoms with Gasteiger partial charge in [0.15, 0.2) is 0 Å². The molecule has 1 saturated heterocycles. The Balaban J connectivity index is 1.94. The van der Waals surface area contributed by atoms with E-state index in [0.717, 1.165) is 39.0 Å². The summed E-state index contributed by atoms with van der Waals surface area (Å²) in [6.07, 6.45) is 1.08. The second kappa shape index (κ2) is 5.94. The summed E-state index contributed by atoms with van der Waals surface area (Å²) < 4.78 is 0. The Morgan fingerprint density at radius 1 is 1.29 bits per heavy atom. The van der Waals surface area contributed by atoms with E-state index in [1.54, 1.807) is 0 Å². The zero-order chi connectivity index (χ0) is 12.1. The number of rotatable bonds is 4. The minimum Gasteiger partial charge on any atom is -0.302 e. The summed E-state index contributed by atoms with van der Waals surface area (Å²) in [5, 5.41) is 0. The van der Waals surface area contributed by atoms with Gasteiger partial charge in [-0.25, -0.2) is 0 Å². The molecule has 92 valence electrons. The third-order valence-electron chi connectivity index (χ3n) is 3.43. The lowest BCUT2D eigenvalue weighted by Gasteiger charge is -2.38. The van der Waals surface area contributed by atoms with Crippen LogP contribution in [0.4, 0.5) is 0 Å². The van der Waals surface area contributed by atoms with Crippen LogP contribution in [0.5, 0.6) is 0 Å². The Bertz CT molecular complexity index is 352. The lowest BCUT2D eigenvalue weighted by Crippen LogP contribution is -2.53. The quantitative estimate of drug-likeness (QED) is 0.733. The highest BCUT2D eigenvalue weighted by atomic mass is 16.1. The minimum absolute atomic E-state index is 0.0671. The van der Waals surface area contributed by atoms with Crippen LogP contribution in [0, 0.1) is 0 Å². The van der Waals surface area contributed by atoms with E-state index < -0.39 is 0 Å². The van der Waals surface area contributed by atoms with E-state index in [1.165, 1.54) is 5.56 Å². The number of hydrogen-bond donors (Lipinski definition) is 0. The number of likely N-dealkylation sites (N-methyl/N-ethyl adjacent to an activating group) is 1. The smallest absolute Gasteiger partial charge is 0.138 e. The first-order chi connectivity index (χ1) is 8.33. The molecule has 1 unspecified atom stereocenters. The van der Waals surface area contributed by atoms with Gasteiger partial charge in [0.25, 0.3) is 0 Å². The van der Waals surface area contributed by atoms with Crippen molar-refractivity contribution in [1.82, 2.24) is 9.80 Å². The van der Waals surface area contributed by atoms with E-state index in [1.807, 2.05) is 6.07 Å². The van der Waals surface area contributed by atoms with Gasteiger partial charge < -0.3 is 4.79 Å². The first-order valence-electron chi connectivity index (χ1n) is 6.29. The van der Waals surface area contributed by atoms with E-state index >= 15 is 0 Å². The van der Waals surface area contributed by atoms with Crippen molar-refractivity contribution >= 4 is 6.29 Å². The lowest BCUT2D eigenvalue weighted by molar-refractivity contribution is -0.114. The van der Waals surface area contributed by atoms with E-state index in [-0.39, 0.29) is 6.04 Å². The number of carbonyl (C=O) groups is 1. The molecule has 0 bridgehead atoms. The Kier molecular flexibility index (Phi) is 4.29. The molecule has 3 nitrogen and oxygen atoms in total. The van der Waals surface area contributed by atoms with Gasteiger partial charge in [-0.15, -0.1) is 0 Å². The molecule has 0 aliphatic carbocycles. The maximum Gasteiger partial charge on any atom is 0.138 e. The summed E-state index contributed by atoms with van der Waals surface area (Å²) in [6, 6.07) is 10.5. The largest absolute Gasteiger partial charge is 0.302 e. The van der Waals surface area contributed by atoms with Crippen LogP contribution in [0.3, 0.4) is 0 Å². The van der Waals surface area contributed by atoms with Gasteiger partial charge >= 0.3 is 0 Å². The third kappa shape index (κ3) is 3.14. The number of nitrogens with zero attached hydrogens (tertiary/aromatic N) is 2. The van der Waals surface area contributed by atoms with Crippen molar-refractivity contribution in [3.63, 3.8) is 0 Å². The molecule has 1 atom stereocenters. The van der Waals surface area contributed by atoms with Crippen molar-refractivity contribution in [3.8, 4) is 0 Å². The fourth-order valence-electron chi connectivity index (χ4n) is 2.41. The molecule has 1 fully saturated rings. The van der Waals surface area contributed by atoms with Crippen LogP contribution in [0.2, 0.25) is 0 Å².